The number of nitrogens with one attached hydrogen (secondary N) is 1. The van der Waals surface area contributed by atoms with Gasteiger partial charge in [-0.1, -0.05) is 48.5 Å². The van der Waals surface area contributed by atoms with Crippen molar-refractivity contribution in [2.45, 2.75) is 0 Å². The Morgan fingerprint density at radius 2 is 1.45 bits per heavy atom. The third-order valence-electron chi connectivity index (χ3n) is 5.18. The number of H-pyrrole nitrogens is 1. The highest BCUT2D eigenvalue weighted by atomic mass is 16.1. The molecule has 1 fully saturated rings. The quantitative estimate of drug-likeness (QED) is 0.585. The average molecular weight is 384 g/mol. The van der Waals surface area contributed by atoms with Crippen LogP contribution in [0.25, 0.3) is 22.4 Å². The third kappa shape index (κ3) is 3.42. The molecule has 144 valence electrons. The lowest BCUT2D eigenvalue weighted by atomic mass is 10.2. The van der Waals surface area contributed by atoms with Gasteiger partial charge in [-0.15, -0.1) is 0 Å². The number of hydrogen-bond donors (Lipinski definition) is 1. The minimum Gasteiger partial charge on any atom is -0.368 e. The van der Waals surface area contributed by atoms with Gasteiger partial charge in [0.2, 0.25) is 5.95 Å². The van der Waals surface area contributed by atoms with E-state index in [-0.39, 0.29) is 5.56 Å². The van der Waals surface area contributed by atoms with Crippen LogP contribution in [0, 0.1) is 0 Å². The number of hydrogen-bond acceptors (Lipinski definition) is 6. The van der Waals surface area contributed by atoms with E-state index in [1.54, 1.807) is 6.20 Å². The van der Waals surface area contributed by atoms with E-state index in [0.717, 1.165) is 31.7 Å². The molecule has 7 nitrogen and oxygen atoms in total. The predicted octanol–water partition coefficient (Wildman–Crippen LogP) is 2.71. The van der Waals surface area contributed by atoms with Gasteiger partial charge in [-0.25, -0.2) is 9.97 Å². The van der Waals surface area contributed by atoms with Crippen LogP contribution in [0.5, 0.6) is 0 Å². The van der Waals surface area contributed by atoms with Gasteiger partial charge in [-0.2, -0.15) is 4.98 Å². The van der Waals surface area contributed by atoms with Gasteiger partial charge in [0, 0.05) is 43.6 Å². The molecule has 0 saturated carbocycles. The van der Waals surface area contributed by atoms with Crippen LogP contribution in [0.2, 0.25) is 0 Å². The molecule has 0 bridgehead atoms. The fraction of sp³-hybridized carbons (Fsp3) is 0.182. The topological polar surface area (TPSA) is 78.0 Å². The summed E-state index contributed by atoms with van der Waals surface area (Å²) in [5.74, 6) is 1.13. The molecule has 1 saturated heterocycles. The summed E-state index contributed by atoms with van der Waals surface area (Å²) < 4.78 is 0. The van der Waals surface area contributed by atoms with Gasteiger partial charge in [0.15, 0.2) is 5.65 Å². The number of piperazine rings is 1. The summed E-state index contributed by atoms with van der Waals surface area (Å²) >= 11 is 0. The standard InChI is InChI=1S/C22H20N6O/c29-21-18-15-23-22(26-20(18)24-19(25-21)16-7-3-1-4-8-16)28-13-11-27(12-14-28)17-9-5-2-6-10-17/h1-10,15H,11-14H2,(H,23,24,25,26,29). The lowest BCUT2D eigenvalue weighted by Gasteiger charge is -2.36. The maximum Gasteiger partial charge on any atom is 0.262 e. The third-order valence-corrected chi connectivity index (χ3v) is 5.18. The van der Waals surface area contributed by atoms with E-state index in [2.05, 4.69) is 54.0 Å². The number of benzene rings is 2. The van der Waals surface area contributed by atoms with Crippen LogP contribution in [0.15, 0.2) is 71.7 Å². The van der Waals surface area contributed by atoms with E-state index in [9.17, 15) is 4.79 Å². The Morgan fingerprint density at radius 3 is 2.17 bits per heavy atom. The number of rotatable bonds is 3. The lowest BCUT2D eigenvalue weighted by molar-refractivity contribution is 0.641. The summed E-state index contributed by atoms with van der Waals surface area (Å²) in [5, 5.41) is 0.399. The largest absolute Gasteiger partial charge is 0.368 e. The molecule has 2 aromatic carbocycles. The molecule has 0 unspecified atom stereocenters. The molecule has 0 aliphatic carbocycles. The number of anilines is 2. The molecular formula is C22H20N6O. The molecule has 7 heteroatoms. The van der Waals surface area contributed by atoms with Gasteiger partial charge in [0.1, 0.15) is 11.2 Å². The summed E-state index contributed by atoms with van der Waals surface area (Å²) in [5.41, 5.74) is 2.27. The molecule has 29 heavy (non-hydrogen) atoms. The number of nitrogens with zero attached hydrogens (tertiary/aromatic N) is 5. The van der Waals surface area contributed by atoms with Crippen molar-refractivity contribution in [1.29, 1.82) is 0 Å². The Hall–Kier alpha value is -3.74. The van der Waals surface area contributed by atoms with Gasteiger partial charge in [-0.3, -0.25) is 4.79 Å². The molecule has 1 N–H and O–H groups in total. The van der Waals surface area contributed by atoms with Crippen molar-refractivity contribution in [2.24, 2.45) is 0 Å². The summed E-state index contributed by atoms with van der Waals surface area (Å²) in [6.07, 6.45) is 1.57. The molecule has 2 aromatic heterocycles. The van der Waals surface area contributed by atoms with Crippen molar-refractivity contribution in [3.8, 4) is 11.4 Å². The van der Waals surface area contributed by atoms with E-state index in [1.807, 2.05) is 36.4 Å². The summed E-state index contributed by atoms with van der Waals surface area (Å²) in [6.45, 7) is 3.41. The molecule has 0 radical (unpaired) electrons. The molecule has 1 aliphatic rings. The zero-order valence-corrected chi connectivity index (χ0v) is 15.8. The monoisotopic (exact) mass is 384 g/mol. The minimum atomic E-state index is -0.228. The van der Waals surface area contributed by atoms with Crippen LogP contribution in [0.4, 0.5) is 11.6 Å². The molecule has 0 amide bonds. The Morgan fingerprint density at radius 1 is 0.793 bits per heavy atom. The fourth-order valence-electron chi connectivity index (χ4n) is 3.61. The van der Waals surface area contributed by atoms with Crippen LogP contribution in [0.3, 0.4) is 0 Å². The Labute approximate surface area is 167 Å². The van der Waals surface area contributed by atoms with E-state index < -0.39 is 0 Å². The summed E-state index contributed by atoms with van der Waals surface area (Å²) in [7, 11) is 0. The average Bonchev–Trinajstić information content (AvgIpc) is 2.80. The first-order chi connectivity index (χ1) is 14.3. The highest BCUT2D eigenvalue weighted by Crippen LogP contribution is 2.20. The lowest BCUT2D eigenvalue weighted by Crippen LogP contribution is -2.47. The highest BCUT2D eigenvalue weighted by molar-refractivity contribution is 5.76. The predicted molar refractivity (Wildman–Crippen MR) is 114 cm³/mol. The van der Waals surface area contributed by atoms with Crippen LogP contribution >= 0.6 is 0 Å². The van der Waals surface area contributed by atoms with Crippen LogP contribution in [-0.2, 0) is 0 Å². The van der Waals surface area contributed by atoms with Gasteiger partial charge in [-0.05, 0) is 12.1 Å². The van der Waals surface area contributed by atoms with Crippen molar-refractivity contribution in [2.75, 3.05) is 36.0 Å². The Balaban J connectivity index is 1.42. The maximum absolute atomic E-state index is 12.5. The molecule has 3 heterocycles. The van der Waals surface area contributed by atoms with Gasteiger partial charge >= 0.3 is 0 Å². The van der Waals surface area contributed by atoms with E-state index in [1.165, 1.54) is 5.69 Å². The second-order valence-electron chi connectivity index (χ2n) is 7.00. The maximum atomic E-state index is 12.5. The van der Waals surface area contributed by atoms with E-state index in [0.29, 0.717) is 22.8 Å². The molecule has 4 aromatic rings. The van der Waals surface area contributed by atoms with Crippen molar-refractivity contribution < 1.29 is 0 Å². The first-order valence-electron chi connectivity index (χ1n) is 9.65. The van der Waals surface area contributed by atoms with Crippen molar-refractivity contribution >= 4 is 22.7 Å². The molecule has 0 spiro atoms. The Kier molecular flexibility index (Phi) is 4.40. The van der Waals surface area contributed by atoms with Crippen molar-refractivity contribution in [3.63, 3.8) is 0 Å². The van der Waals surface area contributed by atoms with Crippen molar-refractivity contribution in [3.05, 3.63) is 77.2 Å². The molecule has 1 aliphatic heterocycles. The highest BCUT2D eigenvalue weighted by Gasteiger charge is 2.20. The number of para-hydroxylation sites is 1. The summed E-state index contributed by atoms with van der Waals surface area (Å²) in [4.78, 5) is 33.4. The number of aromatic nitrogens is 4. The Bertz CT molecular complexity index is 1180. The zero-order chi connectivity index (χ0) is 19.6. The SMILES string of the molecule is O=c1[nH]c(-c2ccccc2)nc2nc(N3CCN(c4ccccc4)CC3)ncc12. The number of aromatic amines is 1. The van der Waals surface area contributed by atoms with Crippen LogP contribution in [0.1, 0.15) is 0 Å². The molecule has 5 rings (SSSR count). The first kappa shape index (κ1) is 17.4. The van der Waals surface area contributed by atoms with E-state index >= 15 is 0 Å². The smallest absolute Gasteiger partial charge is 0.262 e. The fourth-order valence-corrected chi connectivity index (χ4v) is 3.61. The number of fused-ring (bicyclic) bond motifs is 1. The van der Waals surface area contributed by atoms with Gasteiger partial charge in [0.05, 0.1) is 0 Å². The second-order valence-corrected chi connectivity index (χ2v) is 7.00. The summed E-state index contributed by atoms with van der Waals surface area (Å²) in [6, 6.07) is 20.0. The van der Waals surface area contributed by atoms with Crippen LogP contribution < -0.4 is 15.4 Å². The van der Waals surface area contributed by atoms with Gasteiger partial charge in [0.25, 0.3) is 5.56 Å². The normalized spacial score (nSPS) is 14.3. The van der Waals surface area contributed by atoms with Gasteiger partial charge < -0.3 is 14.8 Å². The second kappa shape index (κ2) is 7.35. The van der Waals surface area contributed by atoms with Crippen molar-refractivity contribution in [1.82, 2.24) is 19.9 Å². The van der Waals surface area contributed by atoms with Crippen LogP contribution in [-0.4, -0.2) is 46.1 Å². The first-order valence-corrected chi connectivity index (χ1v) is 9.65. The molecule has 0 atom stereocenters. The molecular weight excluding hydrogens is 364 g/mol. The minimum absolute atomic E-state index is 0.228. The van der Waals surface area contributed by atoms with E-state index in [4.69, 9.17) is 0 Å². The zero-order valence-electron chi connectivity index (χ0n) is 15.8.